The number of piperidine rings is 1. The highest BCUT2D eigenvalue weighted by atomic mass is 15.3. The summed E-state index contributed by atoms with van der Waals surface area (Å²) in [7, 11) is 0. The highest BCUT2D eigenvalue weighted by Gasteiger charge is 2.14. The molecule has 0 bridgehead atoms. The maximum Gasteiger partial charge on any atom is 0.191 e. The molecule has 6 nitrogen and oxygen atoms in total. The van der Waals surface area contributed by atoms with Crippen LogP contribution in [0.25, 0.3) is 0 Å². The molecule has 27 heavy (non-hydrogen) atoms. The van der Waals surface area contributed by atoms with Gasteiger partial charge in [0.2, 0.25) is 0 Å². The van der Waals surface area contributed by atoms with E-state index in [2.05, 4.69) is 59.1 Å². The number of guanidine groups is 1. The molecule has 1 aliphatic heterocycles. The second-order valence-electron chi connectivity index (χ2n) is 8.24. The molecule has 1 saturated heterocycles. The number of hydrogen-bond donors (Lipinski definition) is 2. The average molecular weight is 377 g/mol. The Kier molecular flexibility index (Phi) is 9.11. The van der Waals surface area contributed by atoms with E-state index in [1.54, 1.807) is 0 Å². The quantitative estimate of drug-likeness (QED) is 0.395. The minimum Gasteiger partial charge on any atom is -0.357 e. The van der Waals surface area contributed by atoms with Crippen LogP contribution >= 0.6 is 0 Å². The summed E-state index contributed by atoms with van der Waals surface area (Å²) in [6.07, 6.45) is 3.87. The second kappa shape index (κ2) is 11.3. The summed E-state index contributed by atoms with van der Waals surface area (Å²) in [5, 5.41) is 11.4. The molecular weight excluding hydrogens is 336 g/mol. The third-order valence-corrected chi connectivity index (χ3v) is 5.31. The number of likely N-dealkylation sites (tertiary alicyclic amines) is 1. The number of nitrogens with one attached hydrogen (secondary N) is 2. The first kappa shape index (κ1) is 21.7. The summed E-state index contributed by atoms with van der Waals surface area (Å²) in [6, 6.07) is 2.13. The number of aromatic nitrogens is 2. The van der Waals surface area contributed by atoms with Crippen molar-refractivity contribution in [2.24, 2.45) is 16.8 Å². The smallest absolute Gasteiger partial charge is 0.191 e. The lowest BCUT2D eigenvalue weighted by Gasteiger charge is -2.30. The van der Waals surface area contributed by atoms with Crippen LogP contribution in [0.4, 0.5) is 0 Å². The van der Waals surface area contributed by atoms with E-state index in [9.17, 15) is 0 Å². The fraction of sp³-hybridized carbons (Fsp3) is 0.810. The number of hydrogen-bond acceptors (Lipinski definition) is 3. The molecule has 0 aliphatic carbocycles. The Morgan fingerprint density at radius 3 is 2.67 bits per heavy atom. The molecule has 2 rings (SSSR count). The number of aryl methyl sites for hydroxylation is 2. The van der Waals surface area contributed by atoms with Gasteiger partial charge in [0, 0.05) is 31.9 Å². The van der Waals surface area contributed by atoms with Crippen molar-refractivity contribution in [1.82, 2.24) is 25.3 Å². The van der Waals surface area contributed by atoms with Crippen LogP contribution in [0.5, 0.6) is 0 Å². The number of rotatable bonds is 9. The third kappa shape index (κ3) is 7.91. The fourth-order valence-corrected chi connectivity index (χ4v) is 3.60. The van der Waals surface area contributed by atoms with Crippen LogP contribution in [0.2, 0.25) is 0 Å². The van der Waals surface area contributed by atoms with Crippen LogP contribution in [0.1, 0.15) is 51.4 Å². The summed E-state index contributed by atoms with van der Waals surface area (Å²) >= 11 is 0. The monoisotopic (exact) mass is 376 g/mol. The maximum absolute atomic E-state index is 4.78. The minimum absolute atomic E-state index is 0.453. The van der Waals surface area contributed by atoms with Gasteiger partial charge in [-0.1, -0.05) is 13.8 Å². The molecule has 0 radical (unpaired) electrons. The van der Waals surface area contributed by atoms with Crippen molar-refractivity contribution < 1.29 is 0 Å². The van der Waals surface area contributed by atoms with Gasteiger partial charge >= 0.3 is 0 Å². The van der Waals surface area contributed by atoms with Gasteiger partial charge in [-0.3, -0.25) is 9.67 Å². The first-order chi connectivity index (χ1) is 13.0. The molecule has 6 heteroatoms. The van der Waals surface area contributed by atoms with Crippen molar-refractivity contribution in [2.75, 3.05) is 39.3 Å². The lowest BCUT2D eigenvalue weighted by atomic mass is 9.99. The summed E-state index contributed by atoms with van der Waals surface area (Å²) < 4.78 is 2.09. The minimum atomic E-state index is 0.453. The van der Waals surface area contributed by atoms with Crippen molar-refractivity contribution in [3.05, 3.63) is 17.5 Å². The Bertz CT molecular complexity index is 571. The predicted molar refractivity (Wildman–Crippen MR) is 114 cm³/mol. The van der Waals surface area contributed by atoms with Crippen molar-refractivity contribution in [2.45, 2.75) is 60.4 Å². The van der Waals surface area contributed by atoms with Crippen LogP contribution in [0, 0.1) is 25.7 Å². The molecule has 1 unspecified atom stereocenters. The zero-order valence-electron chi connectivity index (χ0n) is 18.1. The third-order valence-electron chi connectivity index (χ3n) is 5.31. The van der Waals surface area contributed by atoms with E-state index in [-0.39, 0.29) is 0 Å². The Balaban J connectivity index is 1.70. The number of nitrogens with zero attached hydrogens (tertiary/aromatic N) is 4. The molecule has 0 spiro atoms. The normalized spacial score (nSPS) is 17.9. The zero-order chi connectivity index (χ0) is 19.6. The van der Waals surface area contributed by atoms with Gasteiger partial charge in [-0.2, -0.15) is 5.10 Å². The maximum atomic E-state index is 4.78. The fourth-order valence-electron chi connectivity index (χ4n) is 3.60. The van der Waals surface area contributed by atoms with Gasteiger partial charge in [-0.05, 0) is 77.6 Å². The standard InChI is InChI=1S/C21H40N6/c1-6-22-21(23-10-7-11-26-12-8-17(2)9-13-26)24-15-18(3)16-27-20(5)14-19(4)25-27/h14,17-18H,6-13,15-16H2,1-5H3,(H2,22,23,24). The highest BCUT2D eigenvalue weighted by Crippen LogP contribution is 2.15. The van der Waals surface area contributed by atoms with Crippen molar-refractivity contribution >= 4 is 5.96 Å². The van der Waals surface area contributed by atoms with Gasteiger partial charge in [-0.25, -0.2) is 0 Å². The van der Waals surface area contributed by atoms with E-state index >= 15 is 0 Å². The molecule has 1 atom stereocenters. The van der Waals surface area contributed by atoms with Crippen molar-refractivity contribution in [3.8, 4) is 0 Å². The summed E-state index contributed by atoms with van der Waals surface area (Å²) in [6.45, 7) is 18.2. The molecule has 2 heterocycles. The van der Waals surface area contributed by atoms with E-state index in [1.807, 2.05) is 6.92 Å². The van der Waals surface area contributed by atoms with E-state index < -0.39 is 0 Å². The lowest BCUT2D eigenvalue weighted by Crippen LogP contribution is -2.40. The SMILES string of the molecule is CCNC(=NCC(C)Cn1nc(C)cc1C)NCCCN1CCC(C)CC1. The van der Waals surface area contributed by atoms with Crippen LogP contribution < -0.4 is 10.6 Å². The summed E-state index contributed by atoms with van der Waals surface area (Å²) in [5.41, 5.74) is 2.31. The average Bonchev–Trinajstić information content (AvgIpc) is 2.95. The Labute approximate surface area is 165 Å². The molecule has 0 saturated carbocycles. The predicted octanol–water partition coefficient (Wildman–Crippen LogP) is 2.81. The Morgan fingerprint density at radius 2 is 2.04 bits per heavy atom. The summed E-state index contributed by atoms with van der Waals surface area (Å²) in [4.78, 5) is 7.38. The van der Waals surface area contributed by atoms with Crippen molar-refractivity contribution in [3.63, 3.8) is 0 Å². The van der Waals surface area contributed by atoms with Gasteiger partial charge < -0.3 is 15.5 Å². The first-order valence-corrected chi connectivity index (χ1v) is 10.7. The molecule has 0 amide bonds. The molecule has 1 fully saturated rings. The lowest BCUT2D eigenvalue weighted by molar-refractivity contribution is 0.191. The molecule has 1 aliphatic rings. The molecule has 154 valence electrons. The van der Waals surface area contributed by atoms with Crippen LogP contribution in [-0.2, 0) is 6.54 Å². The van der Waals surface area contributed by atoms with Crippen molar-refractivity contribution in [1.29, 1.82) is 0 Å². The van der Waals surface area contributed by atoms with E-state index in [0.717, 1.165) is 43.8 Å². The molecule has 1 aromatic rings. The molecular formula is C21H40N6. The van der Waals surface area contributed by atoms with Crippen LogP contribution in [0.15, 0.2) is 11.1 Å². The molecule has 0 aromatic carbocycles. The van der Waals surface area contributed by atoms with E-state index in [4.69, 9.17) is 4.99 Å². The zero-order valence-corrected chi connectivity index (χ0v) is 18.1. The van der Waals surface area contributed by atoms with Crippen LogP contribution in [0.3, 0.4) is 0 Å². The number of aliphatic imine (C=N–C) groups is 1. The van der Waals surface area contributed by atoms with Gasteiger partial charge in [0.1, 0.15) is 0 Å². The van der Waals surface area contributed by atoms with E-state index in [1.165, 1.54) is 44.6 Å². The highest BCUT2D eigenvalue weighted by molar-refractivity contribution is 5.79. The largest absolute Gasteiger partial charge is 0.357 e. The van der Waals surface area contributed by atoms with Crippen LogP contribution in [-0.4, -0.2) is 59.9 Å². The molecule has 2 N–H and O–H groups in total. The first-order valence-electron chi connectivity index (χ1n) is 10.7. The topological polar surface area (TPSA) is 57.5 Å². The van der Waals surface area contributed by atoms with Gasteiger partial charge in [0.15, 0.2) is 5.96 Å². The summed E-state index contributed by atoms with van der Waals surface area (Å²) in [5.74, 6) is 2.29. The Hall–Kier alpha value is -1.56. The van der Waals surface area contributed by atoms with Gasteiger partial charge in [-0.15, -0.1) is 0 Å². The Morgan fingerprint density at radius 1 is 1.30 bits per heavy atom. The second-order valence-corrected chi connectivity index (χ2v) is 8.24. The van der Waals surface area contributed by atoms with Gasteiger partial charge in [0.25, 0.3) is 0 Å². The van der Waals surface area contributed by atoms with Gasteiger partial charge in [0.05, 0.1) is 5.69 Å². The van der Waals surface area contributed by atoms with E-state index in [0.29, 0.717) is 5.92 Å². The molecule has 1 aromatic heterocycles.